The van der Waals surface area contributed by atoms with Crippen molar-refractivity contribution in [3.63, 3.8) is 0 Å². The molecule has 0 atom stereocenters. The van der Waals surface area contributed by atoms with Crippen LogP contribution in [-0.2, 0) is 19.5 Å². The van der Waals surface area contributed by atoms with Gasteiger partial charge in [0.2, 0.25) is 0 Å². The van der Waals surface area contributed by atoms with Crippen LogP contribution >= 0.6 is 0 Å². The molecular formula is C28H28N6O. The molecule has 2 aliphatic rings. The first-order valence-electron chi connectivity index (χ1n) is 12.3. The minimum absolute atomic E-state index is 0.0359. The quantitative estimate of drug-likeness (QED) is 0.481. The van der Waals surface area contributed by atoms with Gasteiger partial charge in [0.25, 0.3) is 5.56 Å². The molecule has 2 aromatic heterocycles. The van der Waals surface area contributed by atoms with Crippen LogP contribution in [-0.4, -0.2) is 43.4 Å². The van der Waals surface area contributed by atoms with Gasteiger partial charge in [0.15, 0.2) is 5.82 Å². The summed E-state index contributed by atoms with van der Waals surface area (Å²) >= 11 is 0. The number of hydrogen-bond acceptors (Lipinski definition) is 5. The molecule has 0 fully saturated rings. The molecule has 2 aromatic carbocycles. The summed E-state index contributed by atoms with van der Waals surface area (Å²) in [6.45, 7) is 2.96. The molecule has 0 amide bonds. The molecule has 4 aromatic rings. The van der Waals surface area contributed by atoms with E-state index >= 15 is 0 Å². The second-order valence-corrected chi connectivity index (χ2v) is 9.24. The van der Waals surface area contributed by atoms with E-state index in [2.05, 4.69) is 45.3 Å². The SMILES string of the molecule is O=c1[nH]c(C2=NCCCC2)nc2c1CN(Cc1cn(-c3ccccc3)nc1-c1ccccc1)CC2. The van der Waals surface area contributed by atoms with Gasteiger partial charge in [0.05, 0.1) is 28.4 Å². The maximum atomic E-state index is 13.0. The summed E-state index contributed by atoms with van der Waals surface area (Å²) in [4.78, 5) is 27.7. The Kier molecular flexibility index (Phi) is 5.84. The molecule has 0 bridgehead atoms. The van der Waals surface area contributed by atoms with Crippen LogP contribution in [0.4, 0.5) is 0 Å². The Morgan fingerprint density at radius 3 is 2.51 bits per heavy atom. The zero-order valence-electron chi connectivity index (χ0n) is 19.7. The highest BCUT2D eigenvalue weighted by molar-refractivity contribution is 5.97. The van der Waals surface area contributed by atoms with Crippen molar-refractivity contribution in [2.75, 3.05) is 13.1 Å². The summed E-state index contributed by atoms with van der Waals surface area (Å²) in [7, 11) is 0. The van der Waals surface area contributed by atoms with Gasteiger partial charge in [0.1, 0.15) is 0 Å². The van der Waals surface area contributed by atoms with Crippen LogP contribution in [0.3, 0.4) is 0 Å². The Hall–Kier alpha value is -3.84. The number of aliphatic imine (C=N–C) groups is 1. The topological polar surface area (TPSA) is 79.2 Å². The fourth-order valence-corrected chi connectivity index (χ4v) is 4.96. The zero-order chi connectivity index (χ0) is 23.6. The van der Waals surface area contributed by atoms with Crippen molar-refractivity contribution in [1.82, 2.24) is 24.6 Å². The number of para-hydroxylation sites is 1. The summed E-state index contributed by atoms with van der Waals surface area (Å²) in [5, 5.41) is 4.94. The Morgan fingerprint density at radius 2 is 1.74 bits per heavy atom. The van der Waals surface area contributed by atoms with Gasteiger partial charge in [-0.3, -0.25) is 14.7 Å². The number of aromatic nitrogens is 4. The van der Waals surface area contributed by atoms with Crippen molar-refractivity contribution < 1.29 is 0 Å². The van der Waals surface area contributed by atoms with E-state index in [1.807, 2.05) is 41.1 Å². The zero-order valence-corrected chi connectivity index (χ0v) is 19.7. The molecule has 6 rings (SSSR count). The molecule has 35 heavy (non-hydrogen) atoms. The predicted octanol–water partition coefficient (Wildman–Crippen LogP) is 4.15. The van der Waals surface area contributed by atoms with Gasteiger partial charge in [-0.25, -0.2) is 9.67 Å². The average Bonchev–Trinajstić information content (AvgIpc) is 3.34. The summed E-state index contributed by atoms with van der Waals surface area (Å²) < 4.78 is 1.95. The van der Waals surface area contributed by atoms with E-state index in [-0.39, 0.29) is 5.56 Å². The number of aromatic amines is 1. The summed E-state index contributed by atoms with van der Waals surface area (Å²) in [5.74, 6) is 0.664. The second-order valence-electron chi connectivity index (χ2n) is 9.24. The normalized spacial score (nSPS) is 16.1. The molecule has 0 saturated heterocycles. The van der Waals surface area contributed by atoms with Crippen molar-refractivity contribution >= 4 is 5.71 Å². The van der Waals surface area contributed by atoms with E-state index < -0.39 is 0 Å². The summed E-state index contributed by atoms with van der Waals surface area (Å²) in [5.41, 5.74) is 6.82. The molecule has 4 heterocycles. The number of nitrogens with zero attached hydrogens (tertiary/aromatic N) is 5. The lowest BCUT2D eigenvalue weighted by molar-refractivity contribution is 0.242. The van der Waals surface area contributed by atoms with Gasteiger partial charge in [-0.1, -0.05) is 48.5 Å². The largest absolute Gasteiger partial charge is 0.305 e. The maximum Gasteiger partial charge on any atom is 0.255 e. The van der Waals surface area contributed by atoms with Gasteiger partial charge < -0.3 is 4.98 Å². The third kappa shape index (κ3) is 4.47. The number of hydrogen-bond donors (Lipinski definition) is 1. The first-order valence-corrected chi connectivity index (χ1v) is 12.3. The van der Waals surface area contributed by atoms with E-state index in [0.29, 0.717) is 18.9 Å². The molecule has 0 unspecified atom stereocenters. The van der Waals surface area contributed by atoms with Crippen molar-refractivity contribution in [2.45, 2.75) is 38.8 Å². The van der Waals surface area contributed by atoms with E-state index in [1.54, 1.807) is 0 Å². The Morgan fingerprint density at radius 1 is 0.943 bits per heavy atom. The van der Waals surface area contributed by atoms with E-state index in [1.165, 1.54) is 0 Å². The van der Waals surface area contributed by atoms with Crippen LogP contribution in [0.2, 0.25) is 0 Å². The van der Waals surface area contributed by atoms with Crippen LogP contribution in [0.25, 0.3) is 16.9 Å². The minimum Gasteiger partial charge on any atom is -0.305 e. The van der Waals surface area contributed by atoms with Gasteiger partial charge >= 0.3 is 0 Å². The number of benzene rings is 2. The van der Waals surface area contributed by atoms with E-state index in [0.717, 1.165) is 78.3 Å². The van der Waals surface area contributed by atoms with Gasteiger partial charge in [-0.2, -0.15) is 5.10 Å². The first kappa shape index (κ1) is 21.7. The third-order valence-electron chi connectivity index (χ3n) is 6.80. The fourth-order valence-electron chi connectivity index (χ4n) is 4.96. The van der Waals surface area contributed by atoms with Crippen LogP contribution in [0.15, 0.2) is 76.6 Å². The van der Waals surface area contributed by atoms with Crippen molar-refractivity contribution in [3.05, 3.63) is 99.9 Å². The number of nitrogens with one attached hydrogen (secondary N) is 1. The van der Waals surface area contributed by atoms with Gasteiger partial charge in [0, 0.05) is 49.9 Å². The third-order valence-corrected chi connectivity index (χ3v) is 6.80. The molecule has 7 nitrogen and oxygen atoms in total. The standard InChI is InChI=1S/C28H28N6O/c35-28-23-19-33(16-14-24(23)30-27(31-28)25-13-7-8-15-29-25)17-21-18-34(22-11-5-2-6-12-22)32-26(21)20-9-3-1-4-10-20/h1-6,9-12,18H,7-8,13-17,19H2,(H,30,31,35). The number of rotatable bonds is 5. The maximum absolute atomic E-state index is 13.0. The second kappa shape index (κ2) is 9.43. The van der Waals surface area contributed by atoms with Crippen LogP contribution in [0, 0.1) is 0 Å². The highest BCUT2D eigenvalue weighted by Gasteiger charge is 2.24. The highest BCUT2D eigenvalue weighted by atomic mass is 16.1. The molecule has 0 aliphatic carbocycles. The molecule has 1 N–H and O–H groups in total. The summed E-state index contributed by atoms with van der Waals surface area (Å²) in [6, 6.07) is 20.5. The molecule has 0 spiro atoms. The smallest absolute Gasteiger partial charge is 0.255 e. The van der Waals surface area contributed by atoms with Crippen LogP contribution in [0.5, 0.6) is 0 Å². The molecule has 0 radical (unpaired) electrons. The monoisotopic (exact) mass is 464 g/mol. The lowest BCUT2D eigenvalue weighted by Gasteiger charge is -2.27. The van der Waals surface area contributed by atoms with Gasteiger partial charge in [-0.15, -0.1) is 0 Å². The molecule has 7 heteroatoms. The van der Waals surface area contributed by atoms with E-state index in [4.69, 9.17) is 10.1 Å². The lowest BCUT2D eigenvalue weighted by atomic mass is 10.0. The molecular weight excluding hydrogens is 436 g/mol. The lowest BCUT2D eigenvalue weighted by Crippen LogP contribution is -2.36. The minimum atomic E-state index is -0.0359. The summed E-state index contributed by atoms with van der Waals surface area (Å²) in [6.07, 6.45) is 5.97. The molecule has 2 aliphatic heterocycles. The average molecular weight is 465 g/mol. The number of H-pyrrole nitrogens is 1. The van der Waals surface area contributed by atoms with Gasteiger partial charge in [-0.05, 0) is 31.4 Å². The Balaban J connectivity index is 1.29. The van der Waals surface area contributed by atoms with Crippen molar-refractivity contribution in [2.24, 2.45) is 4.99 Å². The Labute approximate surface area is 204 Å². The first-order chi connectivity index (χ1) is 17.2. The van der Waals surface area contributed by atoms with Crippen LogP contribution < -0.4 is 5.56 Å². The highest BCUT2D eigenvalue weighted by Crippen LogP contribution is 2.26. The predicted molar refractivity (Wildman–Crippen MR) is 137 cm³/mol. The number of fused-ring (bicyclic) bond motifs is 1. The fraction of sp³-hybridized carbons (Fsp3) is 0.286. The molecule has 176 valence electrons. The van der Waals surface area contributed by atoms with Crippen LogP contribution in [0.1, 0.15) is 41.9 Å². The Bertz CT molecular complexity index is 1420. The molecule has 0 saturated carbocycles. The van der Waals surface area contributed by atoms with Crippen molar-refractivity contribution in [3.8, 4) is 16.9 Å². The van der Waals surface area contributed by atoms with Crippen molar-refractivity contribution in [1.29, 1.82) is 0 Å². The van der Waals surface area contributed by atoms with E-state index in [9.17, 15) is 4.79 Å².